The van der Waals surface area contributed by atoms with Gasteiger partial charge in [-0.2, -0.15) is 0 Å². The molecule has 1 unspecified atom stereocenters. The third kappa shape index (κ3) is 3.54. The summed E-state index contributed by atoms with van der Waals surface area (Å²) in [5.41, 5.74) is 0. The fourth-order valence-corrected chi connectivity index (χ4v) is 3.05. The molecular formula is C13H19NO3S. The SMILES string of the molecule is CCOC1CC(NC(CC(=O)O)c2cccs2)C1. The van der Waals surface area contributed by atoms with Crippen molar-refractivity contribution in [1.82, 2.24) is 5.32 Å². The van der Waals surface area contributed by atoms with Crippen molar-refractivity contribution in [3.8, 4) is 0 Å². The van der Waals surface area contributed by atoms with Crippen LogP contribution in [-0.4, -0.2) is 29.8 Å². The topological polar surface area (TPSA) is 58.6 Å². The van der Waals surface area contributed by atoms with E-state index in [9.17, 15) is 4.79 Å². The molecule has 1 fully saturated rings. The van der Waals surface area contributed by atoms with Crippen LogP contribution >= 0.6 is 11.3 Å². The quantitative estimate of drug-likeness (QED) is 0.798. The highest BCUT2D eigenvalue weighted by Crippen LogP contribution is 2.29. The van der Waals surface area contributed by atoms with Gasteiger partial charge in [0.2, 0.25) is 0 Å². The molecule has 5 heteroatoms. The van der Waals surface area contributed by atoms with Crippen molar-refractivity contribution in [1.29, 1.82) is 0 Å². The minimum atomic E-state index is -0.762. The van der Waals surface area contributed by atoms with Gasteiger partial charge in [0.05, 0.1) is 18.6 Å². The summed E-state index contributed by atoms with van der Waals surface area (Å²) in [5, 5.41) is 14.4. The van der Waals surface area contributed by atoms with Gasteiger partial charge in [0.25, 0.3) is 0 Å². The van der Waals surface area contributed by atoms with Crippen LogP contribution in [-0.2, 0) is 9.53 Å². The molecule has 4 nitrogen and oxygen atoms in total. The van der Waals surface area contributed by atoms with Gasteiger partial charge in [-0.05, 0) is 31.2 Å². The molecule has 1 heterocycles. The first-order chi connectivity index (χ1) is 8.69. The monoisotopic (exact) mass is 269 g/mol. The average molecular weight is 269 g/mol. The van der Waals surface area contributed by atoms with Gasteiger partial charge in [0.1, 0.15) is 0 Å². The van der Waals surface area contributed by atoms with E-state index in [1.165, 1.54) is 0 Å². The van der Waals surface area contributed by atoms with Crippen molar-refractivity contribution >= 4 is 17.3 Å². The Morgan fingerprint density at radius 1 is 1.67 bits per heavy atom. The zero-order valence-corrected chi connectivity index (χ0v) is 11.3. The zero-order valence-electron chi connectivity index (χ0n) is 10.5. The average Bonchev–Trinajstić information content (AvgIpc) is 2.77. The molecule has 0 aliphatic heterocycles. The Labute approximate surface area is 111 Å². The molecule has 0 bridgehead atoms. The van der Waals surface area contributed by atoms with Crippen LogP contribution in [0.1, 0.15) is 37.1 Å². The van der Waals surface area contributed by atoms with Crippen molar-refractivity contribution in [2.24, 2.45) is 0 Å². The van der Waals surface area contributed by atoms with E-state index in [2.05, 4.69) is 5.32 Å². The highest BCUT2D eigenvalue weighted by atomic mass is 32.1. The molecule has 2 N–H and O–H groups in total. The molecule has 0 saturated heterocycles. The van der Waals surface area contributed by atoms with Crippen LogP contribution in [0.3, 0.4) is 0 Å². The molecule has 1 aromatic heterocycles. The van der Waals surface area contributed by atoms with E-state index in [0.717, 1.165) is 24.3 Å². The second-order valence-electron chi connectivity index (χ2n) is 4.58. The lowest BCUT2D eigenvalue weighted by Gasteiger charge is -2.37. The summed E-state index contributed by atoms with van der Waals surface area (Å²) < 4.78 is 5.51. The number of aliphatic carboxylic acids is 1. The van der Waals surface area contributed by atoms with Gasteiger partial charge in [-0.25, -0.2) is 0 Å². The maximum absolute atomic E-state index is 10.9. The fourth-order valence-electron chi connectivity index (χ4n) is 2.26. The third-order valence-corrected chi connectivity index (χ3v) is 4.19. The first-order valence-corrected chi connectivity index (χ1v) is 7.19. The van der Waals surface area contributed by atoms with Crippen LogP contribution in [0.2, 0.25) is 0 Å². The lowest BCUT2D eigenvalue weighted by atomic mass is 9.88. The Balaban J connectivity index is 1.85. The largest absolute Gasteiger partial charge is 0.481 e. The summed E-state index contributed by atoms with van der Waals surface area (Å²) in [6, 6.07) is 4.26. The second kappa shape index (κ2) is 6.31. The summed E-state index contributed by atoms with van der Waals surface area (Å²) in [6.07, 6.45) is 2.45. The minimum Gasteiger partial charge on any atom is -0.481 e. The van der Waals surface area contributed by atoms with Crippen LogP contribution in [0.15, 0.2) is 17.5 Å². The molecule has 0 spiro atoms. The van der Waals surface area contributed by atoms with Gasteiger partial charge in [-0.3, -0.25) is 4.79 Å². The molecule has 0 radical (unpaired) electrons. The first kappa shape index (κ1) is 13.5. The van der Waals surface area contributed by atoms with Crippen LogP contribution in [0.4, 0.5) is 0 Å². The maximum atomic E-state index is 10.9. The van der Waals surface area contributed by atoms with Crippen LogP contribution < -0.4 is 5.32 Å². The number of thiophene rings is 1. The smallest absolute Gasteiger partial charge is 0.305 e. The third-order valence-electron chi connectivity index (χ3n) is 3.20. The van der Waals surface area contributed by atoms with E-state index >= 15 is 0 Å². The molecular weight excluding hydrogens is 250 g/mol. The Morgan fingerprint density at radius 2 is 2.44 bits per heavy atom. The number of hydrogen-bond donors (Lipinski definition) is 2. The Bertz CT molecular complexity index is 374. The molecule has 0 amide bonds. The van der Waals surface area contributed by atoms with Crippen LogP contribution in [0.5, 0.6) is 0 Å². The number of rotatable bonds is 7. The van der Waals surface area contributed by atoms with Crippen molar-refractivity contribution in [3.63, 3.8) is 0 Å². The summed E-state index contributed by atoms with van der Waals surface area (Å²) >= 11 is 1.60. The summed E-state index contributed by atoms with van der Waals surface area (Å²) in [6.45, 7) is 2.75. The van der Waals surface area contributed by atoms with Gasteiger partial charge in [-0.1, -0.05) is 6.07 Å². The van der Waals surface area contributed by atoms with Gasteiger partial charge in [0.15, 0.2) is 0 Å². The van der Waals surface area contributed by atoms with Gasteiger partial charge in [0, 0.05) is 17.5 Å². The van der Waals surface area contributed by atoms with Gasteiger partial charge in [-0.15, -0.1) is 11.3 Å². The molecule has 1 aromatic rings. The van der Waals surface area contributed by atoms with E-state index in [4.69, 9.17) is 9.84 Å². The molecule has 18 heavy (non-hydrogen) atoms. The number of carbonyl (C=O) groups is 1. The minimum absolute atomic E-state index is 0.0740. The summed E-state index contributed by atoms with van der Waals surface area (Å²) in [7, 11) is 0. The number of hydrogen-bond acceptors (Lipinski definition) is 4. The van der Waals surface area contributed by atoms with Crippen molar-refractivity contribution in [2.45, 2.75) is 44.4 Å². The molecule has 1 atom stereocenters. The lowest BCUT2D eigenvalue weighted by molar-refractivity contribution is -0.137. The molecule has 1 aliphatic rings. The zero-order chi connectivity index (χ0) is 13.0. The molecule has 100 valence electrons. The standard InChI is InChI=1S/C13H19NO3S/c1-2-17-10-6-9(7-10)14-11(8-13(15)16)12-4-3-5-18-12/h3-5,9-11,14H,2,6-8H2,1H3,(H,15,16). The van der Waals surface area contributed by atoms with Crippen molar-refractivity contribution in [2.75, 3.05) is 6.61 Å². The fraction of sp³-hybridized carbons (Fsp3) is 0.615. The summed E-state index contributed by atoms with van der Waals surface area (Å²) in [4.78, 5) is 12.0. The molecule has 1 saturated carbocycles. The highest BCUT2D eigenvalue weighted by molar-refractivity contribution is 7.10. The maximum Gasteiger partial charge on any atom is 0.305 e. The molecule has 2 rings (SSSR count). The number of ether oxygens (including phenoxy) is 1. The van der Waals surface area contributed by atoms with E-state index in [-0.39, 0.29) is 12.5 Å². The Morgan fingerprint density at radius 3 is 3.00 bits per heavy atom. The summed E-state index contributed by atoms with van der Waals surface area (Å²) in [5.74, 6) is -0.762. The van der Waals surface area contributed by atoms with Crippen molar-refractivity contribution in [3.05, 3.63) is 22.4 Å². The van der Waals surface area contributed by atoms with Gasteiger partial charge >= 0.3 is 5.97 Å². The van der Waals surface area contributed by atoms with Crippen LogP contribution in [0, 0.1) is 0 Å². The molecule has 1 aliphatic carbocycles. The first-order valence-electron chi connectivity index (χ1n) is 6.32. The van der Waals surface area contributed by atoms with E-state index in [0.29, 0.717) is 12.1 Å². The molecule has 0 aromatic carbocycles. The van der Waals surface area contributed by atoms with E-state index in [1.54, 1.807) is 11.3 Å². The second-order valence-corrected chi connectivity index (χ2v) is 5.56. The van der Waals surface area contributed by atoms with E-state index in [1.807, 2.05) is 24.4 Å². The Kier molecular flexibility index (Phi) is 4.74. The van der Waals surface area contributed by atoms with E-state index < -0.39 is 5.97 Å². The number of carboxylic acids is 1. The number of nitrogens with one attached hydrogen (secondary N) is 1. The van der Waals surface area contributed by atoms with Gasteiger partial charge < -0.3 is 15.2 Å². The highest BCUT2D eigenvalue weighted by Gasteiger charge is 2.32. The lowest BCUT2D eigenvalue weighted by Crippen LogP contribution is -2.47. The normalized spacial score (nSPS) is 24.5. The Hall–Kier alpha value is -0.910. The predicted molar refractivity (Wildman–Crippen MR) is 70.9 cm³/mol. The predicted octanol–water partition coefficient (Wildman–Crippen LogP) is 2.42. The van der Waals surface area contributed by atoms with Crippen LogP contribution in [0.25, 0.3) is 0 Å². The number of carboxylic acid groups (broad SMARTS) is 1. The van der Waals surface area contributed by atoms with Crippen molar-refractivity contribution < 1.29 is 14.6 Å².